The molecule has 1 fully saturated rings. The van der Waals surface area contributed by atoms with Gasteiger partial charge in [0.2, 0.25) is 0 Å². The zero-order valence-corrected chi connectivity index (χ0v) is 11.1. The number of nitrogens with one attached hydrogen (secondary N) is 1. The van der Waals surface area contributed by atoms with Crippen molar-refractivity contribution in [2.24, 2.45) is 0 Å². The van der Waals surface area contributed by atoms with Crippen LogP contribution in [0.2, 0.25) is 0 Å². The lowest BCUT2D eigenvalue weighted by atomic mass is 10.2. The molecule has 0 atom stereocenters. The molecule has 2 aromatic heterocycles. The Balaban J connectivity index is 1.77. The third kappa shape index (κ3) is 2.70. The van der Waals surface area contributed by atoms with E-state index in [1.54, 1.807) is 18.5 Å². The van der Waals surface area contributed by atoms with E-state index < -0.39 is 0 Å². The van der Waals surface area contributed by atoms with E-state index in [0.717, 1.165) is 31.6 Å². The van der Waals surface area contributed by atoms with Gasteiger partial charge < -0.3 is 14.7 Å². The minimum Gasteiger partial charge on any atom is -0.355 e. The Hall–Kier alpha value is -2.21. The number of rotatable bonds is 2. The summed E-state index contributed by atoms with van der Waals surface area (Å²) in [6, 6.07) is 5.37. The number of aromatic nitrogens is 2. The number of carbonyl (C=O) groups excluding carboxylic acids is 1. The van der Waals surface area contributed by atoms with Gasteiger partial charge in [-0.3, -0.25) is 9.78 Å². The van der Waals surface area contributed by atoms with Gasteiger partial charge in [-0.05, 0) is 25.1 Å². The average Bonchev–Trinajstić information content (AvgIpc) is 2.83. The lowest BCUT2D eigenvalue weighted by Gasteiger charge is -2.17. The Morgan fingerprint density at radius 2 is 2.30 bits per heavy atom. The standard InChI is InChI=1S/C14H16N4O2/c19-14(18-7-2-5-15-6-8-18)12-9-13(20-17-12)11-3-1-4-16-10-11/h1,3-4,9-10,15H,2,5-8H2. The van der Waals surface area contributed by atoms with Gasteiger partial charge in [0.15, 0.2) is 11.5 Å². The Kier molecular flexibility index (Phi) is 3.73. The molecule has 0 unspecified atom stereocenters. The Labute approximate surface area is 116 Å². The normalized spacial score (nSPS) is 15.9. The molecule has 6 heteroatoms. The first-order valence-electron chi connectivity index (χ1n) is 6.72. The van der Waals surface area contributed by atoms with Crippen LogP contribution in [-0.2, 0) is 0 Å². The summed E-state index contributed by atoms with van der Waals surface area (Å²) in [6.45, 7) is 3.22. The molecular weight excluding hydrogens is 256 g/mol. The van der Waals surface area contributed by atoms with Crippen molar-refractivity contribution in [2.45, 2.75) is 6.42 Å². The molecule has 1 aliphatic heterocycles. The summed E-state index contributed by atoms with van der Waals surface area (Å²) in [6.07, 6.45) is 4.33. The van der Waals surface area contributed by atoms with E-state index in [0.29, 0.717) is 18.0 Å². The first kappa shape index (κ1) is 12.8. The van der Waals surface area contributed by atoms with Gasteiger partial charge in [-0.1, -0.05) is 5.16 Å². The van der Waals surface area contributed by atoms with Crippen LogP contribution < -0.4 is 5.32 Å². The van der Waals surface area contributed by atoms with Crippen LogP contribution >= 0.6 is 0 Å². The van der Waals surface area contributed by atoms with E-state index in [1.165, 1.54) is 0 Å². The van der Waals surface area contributed by atoms with Crippen molar-refractivity contribution in [1.82, 2.24) is 20.4 Å². The largest absolute Gasteiger partial charge is 0.355 e. The van der Waals surface area contributed by atoms with Crippen LogP contribution in [-0.4, -0.2) is 47.1 Å². The topological polar surface area (TPSA) is 71.3 Å². The van der Waals surface area contributed by atoms with Crippen molar-refractivity contribution in [2.75, 3.05) is 26.2 Å². The molecule has 3 heterocycles. The third-order valence-electron chi connectivity index (χ3n) is 3.30. The summed E-state index contributed by atoms with van der Waals surface area (Å²) < 4.78 is 5.24. The van der Waals surface area contributed by atoms with Gasteiger partial charge in [-0.25, -0.2) is 0 Å². The molecule has 104 valence electrons. The first-order valence-corrected chi connectivity index (χ1v) is 6.72. The molecule has 1 amide bonds. The zero-order valence-electron chi connectivity index (χ0n) is 11.1. The van der Waals surface area contributed by atoms with Crippen LogP contribution in [0.25, 0.3) is 11.3 Å². The summed E-state index contributed by atoms with van der Waals surface area (Å²) >= 11 is 0. The predicted octanol–water partition coefficient (Wildman–Crippen LogP) is 1.17. The zero-order chi connectivity index (χ0) is 13.8. The summed E-state index contributed by atoms with van der Waals surface area (Å²) in [5.74, 6) is 0.488. The minimum atomic E-state index is -0.0763. The highest BCUT2D eigenvalue weighted by Gasteiger charge is 2.21. The molecule has 0 spiro atoms. The number of hydrogen-bond acceptors (Lipinski definition) is 5. The molecule has 0 bridgehead atoms. The van der Waals surface area contributed by atoms with Gasteiger partial charge >= 0.3 is 0 Å². The van der Waals surface area contributed by atoms with E-state index in [2.05, 4.69) is 15.5 Å². The highest BCUT2D eigenvalue weighted by molar-refractivity contribution is 5.93. The first-order chi connectivity index (χ1) is 9.84. The third-order valence-corrected chi connectivity index (χ3v) is 3.30. The quantitative estimate of drug-likeness (QED) is 0.888. The van der Waals surface area contributed by atoms with Gasteiger partial charge in [0, 0.05) is 43.7 Å². The number of hydrogen-bond donors (Lipinski definition) is 1. The van der Waals surface area contributed by atoms with Gasteiger partial charge in [-0.2, -0.15) is 0 Å². The Morgan fingerprint density at radius 3 is 3.15 bits per heavy atom. The Bertz CT molecular complexity index is 574. The van der Waals surface area contributed by atoms with Crippen molar-refractivity contribution >= 4 is 5.91 Å². The molecule has 1 saturated heterocycles. The fraction of sp³-hybridized carbons (Fsp3) is 0.357. The molecule has 1 N–H and O–H groups in total. The van der Waals surface area contributed by atoms with Crippen molar-refractivity contribution in [3.05, 3.63) is 36.3 Å². The second-order valence-corrected chi connectivity index (χ2v) is 4.71. The maximum Gasteiger partial charge on any atom is 0.276 e. The number of carbonyl (C=O) groups is 1. The van der Waals surface area contributed by atoms with E-state index in [1.807, 2.05) is 17.0 Å². The van der Waals surface area contributed by atoms with Crippen LogP contribution in [0.4, 0.5) is 0 Å². The summed E-state index contributed by atoms with van der Waals surface area (Å²) in [4.78, 5) is 18.2. The van der Waals surface area contributed by atoms with Crippen LogP contribution in [0.3, 0.4) is 0 Å². The lowest BCUT2D eigenvalue weighted by Crippen LogP contribution is -2.34. The number of pyridine rings is 1. The van der Waals surface area contributed by atoms with Crippen molar-refractivity contribution in [1.29, 1.82) is 0 Å². The van der Waals surface area contributed by atoms with Gasteiger partial charge in [0.05, 0.1) is 0 Å². The minimum absolute atomic E-state index is 0.0763. The molecule has 2 aromatic rings. The maximum absolute atomic E-state index is 12.4. The SMILES string of the molecule is O=C(c1cc(-c2cccnc2)on1)N1CCCNCC1. The average molecular weight is 272 g/mol. The van der Waals surface area contributed by atoms with E-state index >= 15 is 0 Å². The van der Waals surface area contributed by atoms with Crippen LogP contribution in [0.15, 0.2) is 35.1 Å². The lowest BCUT2D eigenvalue weighted by molar-refractivity contribution is 0.0756. The fourth-order valence-electron chi connectivity index (χ4n) is 2.23. The molecule has 3 rings (SSSR count). The van der Waals surface area contributed by atoms with Gasteiger partial charge in [-0.15, -0.1) is 0 Å². The fourth-order valence-corrected chi connectivity index (χ4v) is 2.23. The van der Waals surface area contributed by atoms with Crippen LogP contribution in [0, 0.1) is 0 Å². The molecule has 1 aliphatic rings. The summed E-state index contributed by atoms with van der Waals surface area (Å²) in [5, 5.41) is 7.15. The highest BCUT2D eigenvalue weighted by atomic mass is 16.5. The van der Waals surface area contributed by atoms with Crippen molar-refractivity contribution < 1.29 is 9.32 Å². The van der Waals surface area contributed by atoms with Crippen molar-refractivity contribution in [3.8, 4) is 11.3 Å². The number of nitrogens with zero attached hydrogens (tertiary/aromatic N) is 3. The Morgan fingerprint density at radius 1 is 1.35 bits per heavy atom. The molecule has 20 heavy (non-hydrogen) atoms. The second-order valence-electron chi connectivity index (χ2n) is 4.71. The molecule has 0 aromatic carbocycles. The molecular formula is C14H16N4O2. The maximum atomic E-state index is 12.4. The predicted molar refractivity (Wildman–Crippen MR) is 73.1 cm³/mol. The molecule has 6 nitrogen and oxygen atoms in total. The smallest absolute Gasteiger partial charge is 0.276 e. The van der Waals surface area contributed by atoms with Gasteiger partial charge in [0.1, 0.15) is 0 Å². The van der Waals surface area contributed by atoms with Crippen LogP contribution in [0.1, 0.15) is 16.9 Å². The summed E-state index contributed by atoms with van der Waals surface area (Å²) in [5.41, 5.74) is 1.17. The van der Waals surface area contributed by atoms with Crippen molar-refractivity contribution in [3.63, 3.8) is 0 Å². The van der Waals surface area contributed by atoms with E-state index in [9.17, 15) is 4.79 Å². The summed E-state index contributed by atoms with van der Waals surface area (Å²) in [7, 11) is 0. The molecule has 0 saturated carbocycles. The molecule has 0 aliphatic carbocycles. The highest BCUT2D eigenvalue weighted by Crippen LogP contribution is 2.19. The molecule has 0 radical (unpaired) electrons. The second kappa shape index (κ2) is 5.83. The van der Waals surface area contributed by atoms with Crippen LogP contribution in [0.5, 0.6) is 0 Å². The number of amides is 1. The van der Waals surface area contributed by atoms with E-state index in [-0.39, 0.29) is 5.91 Å². The monoisotopic (exact) mass is 272 g/mol. The van der Waals surface area contributed by atoms with E-state index in [4.69, 9.17) is 4.52 Å². The van der Waals surface area contributed by atoms with Gasteiger partial charge in [0.25, 0.3) is 5.91 Å².